The number of terminal acetylenes is 1. The van der Waals surface area contributed by atoms with E-state index in [1.54, 1.807) is 12.1 Å². The molecule has 0 fully saturated rings. The van der Waals surface area contributed by atoms with Gasteiger partial charge < -0.3 is 15.8 Å². The van der Waals surface area contributed by atoms with Crippen LogP contribution in [0.3, 0.4) is 0 Å². The van der Waals surface area contributed by atoms with E-state index < -0.39 is 6.09 Å². The van der Waals surface area contributed by atoms with Crippen molar-refractivity contribution in [3.05, 3.63) is 83.4 Å². The minimum Gasteiger partial charge on any atom is -0.448 e. The summed E-state index contributed by atoms with van der Waals surface area (Å²) in [6, 6.07) is 20.8. The number of hydrogen-bond acceptors (Lipinski definition) is 4. The van der Waals surface area contributed by atoms with Crippen LogP contribution in [-0.4, -0.2) is 25.2 Å². The van der Waals surface area contributed by atoms with Crippen LogP contribution < -0.4 is 16.4 Å². The predicted molar refractivity (Wildman–Crippen MR) is 121 cm³/mol. The van der Waals surface area contributed by atoms with Gasteiger partial charge in [0, 0.05) is 11.5 Å². The second-order valence-corrected chi connectivity index (χ2v) is 7.14. The molecule has 1 aliphatic carbocycles. The van der Waals surface area contributed by atoms with Gasteiger partial charge in [-0.15, -0.1) is 6.42 Å². The number of nitrogens with two attached hydrogens (primary N) is 1. The first-order valence-electron chi connectivity index (χ1n) is 9.81. The average molecular weight is 411 g/mol. The first-order chi connectivity index (χ1) is 15.1. The van der Waals surface area contributed by atoms with Crippen LogP contribution in [0.25, 0.3) is 11.1 Å². The number of anilines is 2. The van der Waals surface area contributed by atoms with Gasteiger partial charge in [0.15, 0.2) is 0 Å². The Kier molecular flexibility index (Phi) is 5.59. The van der Waals surface area contributed by atoms with E-state index in [4.69, 9.17) is 16.9 Å². The maximum absolute atomic E-state index is 12.5. The monoisotopic (exact) mass is 411 g/mol. The van der Waals surface area contributed by atoms with E-state index in [9.17, 15) is 9.59 Å². The Morgan fingerprint density at radius 2 is 1.65 bits per heavy atom. The molecule has 0 aromatic heterocycles. The zero-order valence-corrected chi connectivity index (χ0v) is 16.7. The van der Waals surface area contributed by atoms with Gasteiger partial charge in [-0.1, -0.05) is 54.5 Å². The molecule has 4 rings (SSSR count). The third-order valence-corrected chi connectivity index (χ3v) is 5.25. The highest BCUT2D eigenvalue weighted by Gasteiger charge is 2.29. The van der Waals surface area contributed by atoms with Gasteiger partial charge in [-0.25, -0.2) is 4.79 Å². The molecule has 0 saturated carbocycles. The number of rotatable bonds is 5. The van der Waals surface area contributed by atoms with E-state index in [0.29, 0.717) is 16.9 Å². The third-order valence-electron chi connectivity index (χ3n) is 5.25. The maximum Gasteiger partial charge on any atom is 0.411 e. The van der Waals surface area contributed by atoms with E-state index in [-0.39, 0.29) is 25.0 Å². The fraction of sp³-hybridized carbons (Fsp3) is 0.120. The van der Waals surface area contributed by atoms with Crippen LogP contribution in [0.1, 0.15) is 27.4 Å². The summed E-state index contributed by atoms with van der Waals surface area (Å²) in [4.78, 5) is 24.6. The van der Waals surface area contributed by atoms with Crippen molar-refractivity contribution in [1.82, 2.24) is 5.32 Å². The SMILES string of the molecule is C#CCNC(=O)c1ccc(N)c(NC(=O)OCC2c3ccccc3-c3ccccc32)c1. The minimum atomic E-state index is -0.644. The van der Waals surface area contributed by atoms with Gasteiger partial charge in [-0.3, -0.25) is 10.1 Å². The number of nitrogens with one attached hydrogen (secondary N) is 2. The Morgan fingerprint density at radius 1 is 1.00 bits per heavy atom. The molecular weight excluding hydrogens is 390 g/mol. The van der Waals surface area contributed by atoms with Crippen molar-refractivity contribution in [3.63, 3.8) is 0 Å². The maximum atomic E-state index is 12.5. The van der Waals surface area contributed by atoms with Gasteiger partial charge in [-0.05, 0) is 40.5 Å². The van der Waals surface area contributed by atoms with E-state index >= 15 is 0 Å². The van der Waals surface area contributed by atoms with Crippen LogP contribution in [0.5, 0.6) is 0 Å². The standard InChI is InChI=1S/C25H21N3O3/c1-2-13-27-24(29)16-11-12-22(26)23(14-16)28-25(30)31-15-21-19-9-5-3-7-17(19)18-8-4-6-10-20(18)21/h1,3-12,14,21H,13,15,26H2,(H,27,29)(H,28,30). The minimum absolute atomic E-state index is 0.0450. The molecule has 3 aromatic carbocycles. The smallest absolute Gasteiger partial charge is 0.411 e. The van der Waals surface area contributed by atoms with E-state index in [1.807, 2.05) is 24.3 Å². The Hall–Kier alpha value is -4.24. The Labute approximate surface area is 180 Å². The van der Waals surface area contributed by atoms with E-state index in [1.165, 1.54) is 6.07 Å². The van der Waals surface area contributed by atoms with Gasteiger partial charge in [0.05, 0.1) is 17.9 Å². The molecule has 0 saturated heterocycles. The van der Waals surface area contributed by atoms with Gasteiger partial charge >= 0.3 is 6.09 Å². The van der Waals surface area contributed by atoms with Gasteiger partial charge in [0.2, 0.25) is 0 Å². The summed E-state index contributed by atoms with van der Waals surface area (Å²) in [5.41, 5.74) is 11.5. The average Bonchev–Trinajstić information content (AvgIpc) is 3.11. The van der Waals surface area contributed by atoms with E-state index in [2.05, 4.69) is 40.8 Å². The quantitative estimate of drug-likeness (QED) is 0.437. The zero-order chi connectivity index (χ0) is 21.8. The number of carbonyl (C=O) groups is 2. The van der Waals surface area contributed by atoms with Crippen molar-refractivity contribution in [1.29, 1.82) is 0 Å². The highest BCUT2D eigenvalue weighted by molar-refractivity contribution is 5.98. The molecule has 31 heavy (non-hydrogen) atoms. The number of nitrogen functional groups attached to an aromatic ring is 1. The lowest BCUT2D eigenvalue weighted by Crippen LogP contribution is -2.24. The number of fused-ring (bicyclic) bond motifs is 3. The van der Waals surface area contributed by atoms with Crippen molar-refractivity contribution in [2.75, 3.05) is 24.2 Å². The number of amides is 2. The summed E-state index contributed by atoms with van der Waals surface area (Å²) in [7, 11) is 0. The fourth-order valence-electron chi connectivity index (χ4n) is 3.78. The molecule has 6 nitrogen and oxygen atoms in total. The lowest BCUT2D eigenvalue weighted by Gasteiger charge is -2.15. The summed E-state index contributed by atoms with van der Waals surface area (Å²) in [5, 5.41) is 5.20. The molecule has 1 aliphatic rings. The second kappa shape index (κ2) is 8.64. The van der Waals surface area contributed by atoms with Crippen LogP contribution in [0.4, 0.5) is 16.2 Å². The van der Waals surface area contributed by atoms with Crippen molar-refractivity contribution in [2.45, 2.75) is 5.92 Å². The number of carbonyl (C=O) groups excluding carboxylic acids is 2. The molecule has 0 aliphatic heterocycles. The molecule has 0 bridgehead atoms. The van der Waals surface area contributed by atoms with Crippen LogP contribution in [0, 0.1) is 12.3 Å². The first kappa shape index (κ1) is 20.0. The number of ether oxygens (including phenoxy) is 1. The van der Waals surface area contributed by atoms with Crippen molar-refractivity contribution < 1.29 is 14.3 Å². The van der Waals surface area contributed by atoms with Gasteiger partial charge in [-0.2, -0.15) is 0 Å². The van der Waals surface area contributed by atoms with E-state index in [0.717, 1.165) is 22.3 Å². The van der Waals surface area contributed by atoms with Crippen molar-refractivity contribution >= 4 is 23.4 Å². The highest BCUT2D eigenvalue weighted by atomic mass is 16.5. The molecule has 0 heterocycles. The third kappa shape index (κ3) is 4.07. The predicted octanol–water partition coefficient (Wildman–Crippen LogP) is 3.99. The largest absolute Gasteiger partial charge is 0.448 e. The van der Waals surface area contributed by atoms with Crippen molar-refractivity contribution in [3.8, 4) is 23.5 Å². The molecular formula is C25H21N3O3. The fourth-order valence-corrected chi connectivity index (χ4v) is 3.78. The van der Waals surface area contributed by atoms with Crippen LogP contribution >= 0.6 is 0 Å². The zero-order valence-electron chi connectivity index (χ0n) is 16.7. The molecule has 6 heteroatoms. The van der Waals surface area contributed by atoms with Crippen LogP contribution in [0.15, 0.2) is 66.7 Å². The number of benzene rings is 3. The number of hydrogen-bond donors (Lipinski definition) is 3. The Morgan fingerprint density at radius 3 is 2.29 bits per heavy atom. The highest BCUT2D eigenvalue weighted by Crippen LogP contribution is 2.44. The summed E-state index contributed by atoms with van der Waals surface area (Å²) in [6.45, 7) is 0.292. The topological polar surface area (TPSA) is 93.5 Å². The summed E-state index contributed by atoms with van der Waals surface area (Å²) in [5.74, 6) is 1.94. The summed E-state index contributed by atoms with van der Waals surface area (Å²) >= 11 is 0. The van der Waals surface area contributed by atoms with Crippen LogP contribution in [0.2, 0.25) is 0 Å². The molecule has 0 radical (unpaired) electrons. The molecule has 4 N–H and O–H groups in total. The molecule has 154 valence electrons. The van der Waals surface area contributed by atoms with Crippen LogP contribution in [-0.2, 0) is 4.74 Å². The molecule has 0 atom stereocenters. The normalized spacial score (nSPS) is 11.7. The summed E-state index contributed by atoms with van der Waals surface area (Å²) < 4.78 is 5.53. The van der Waals surface area contributed by atoms with Gasteiger partial charge in [0.1, 0.15) is 6.61 Å². The Bertz CT molecular complexity index is 1150. The molecule has 0 spiro atoms. The summed E-state index contributed by atoms with van der Waals surface area (Å²) in [6.07, 6.45) is 4.52. The lowest BCUT2D eigenvalue weighted by atomic mass is 9.98. The van der Waals surface area contributed by atoms with Crippen molar-refractivity contribution in [2.24, 2.45) is 0 Å². The molecule has 0 unspecified atom stereocenters. The second-order valence-electron chi connectivity index (χ2n) is 7.14. The Balaban J connectivity index is 1.46. The lowest BCUT2D eigenvalue weighted by molar-refractivity contribution is 0.0958. The molecule has 2 amide bonds. The molecule has 3 aromatic rings. The van der Waals surface area contributed by atoms with Gasteiger partial charge in [0.25, 0.3) is 5.91 Å². The first-order valence-corrected chi connectivity index (χ1v) is 9.81.